The maximum absolute atomic E-state index is 12.8. The molecule has 178 valence electrons. The predicted molar refractivity (Wildman–Crippen MR) is 126 cm³/mol. The molecule has 0 spiro atoms. The molecule has 0 aromatic rings. The highest BCUT2D eigenvalue weighted by Crippen LogP contribution is 2.52. The average molecular weight is 445 g/mol. The molecule has 2 bridgehead atoms. The number of carbonyl (C=O) groups excluding carboxylic acids is 2. The molecule has 2 N–H and O–H groups in total. The number of hydrogen-bond acceptors (Lipinski definition) is 5. The molecule has 2 heterocycles. The summed E-state index contributed by atoms with van der Waals surface area (Å²) in [6.07, 6.45) is 8.31. The van der Waals surface area contributed by atoms with Crippen molar-refractivity contribution in [2.24, 2.45) is 28.7 Å². The van der Waals surface area contributed by atoms with E-state index < -0.39 is 0 Å². The number of allylic oxidation sites excluding steroid dienone is 2. The lowest BCUT2D eigenvalue weighted by atomic mass is 9.85. The van der Waals surface area contributed by atoms with Crippen molar-refractivity contribution in [3.63, 3.8) is 0 Å². The Morgan fingerprint density at radius 1 is 1.00 bits per heavy atom. The van der Waals surface area contributed by atoms with Crippen LogP contribution in [0.4, 0.5) is 0 Å². The molecule has 8 heteroatoms. The normalized spacial score (nSPS) is 30.8. The number of hydrogen-bond donors (Lipinski definition) is 2. The number of fused-ring (bicyclic) bond motifs is 5. The lowest BCUT2D eigenvalue weighted by Gasteiger charge is -2.20. The zero-order chi connectivity index (χ0) is 22.5. The van der Waals surface area contributed by atoms with Crippen molar-refractivity contribution < 1.29 is 9.59 Å². The Labute approximate surface area is 192 Å². The zero-order valence-electron chi connectivity index (χ0n) is 19.8. The van der Waals surface area contributed by atoms with Gasteiger partial charge >= 0.3 is 0 Å². The van der Waals surface area contributed by atoms with Gasteiger partial charge in [-0.2, -0.15) is 0 Å². The molecule has 4 atom stereocenters. The molecular weight excluding hydrogens is 404 g/mol. The number of aliphatic imine (C=N–C) groups is 1. The van der Waals surface area contributed by atoms with E-state index in [9.17, 15) is 9.59 Å². The number of likely N-dealkylation sites (N-methyl/N-ethyl adjacent to an activating group) is 1. The molecule has 2 amide bonds. The van der Waals surface area contributed by atoms with Gasteiger partial charge in [-0.3, -0.25) is 19.5 Å². The van der Waals surface area contributed by atoms with Crippen molar-refractivity contribution in [1.82, 2.24) is 25.3 Å². The highest BCUT2D eigenvalue weighted by Gasteiger charge is 2.58. The van der Waals surface area contributed by atoms with E-state index in [2.05, 4.69) is 51.5 Å². The third-order valence-corrected chi connectivity index (χ3v) is 7.47. The average Bonchev–Trinajstić information content (AvgIpc) is 3.41. The fourth-order valence-corrected chi connectivity index (χ4v) is 5.78. The predicted octanol–water partition coefficient (Wildman–Crippen LogP) is 0.766. The summed E-state index contributed by atoms with van der Waals surface area (Å²) in [7, 11) is 2.20. The van der Waals surface area contributed by atoms with Crippen molar-refractivity contribution in [3.8, 4) is 0 Å². The van der Waals surface area contributed by atoms with Gasteiger partial charge in [0.25, 0.3) is 0 Å². The molecule has 2 saturated heterocycles. The first-order valence-electron chi connectivity index (χ1n) is 12.5. The molecule has 0 aromatic heterocycles. The number of amides is 2. The quantitative estimate of drug-likeness (QED) is 0.180. The summed E-state index contributed by atoms with van der Waals surface area (Å²) >= 11 is 0. The topological polar surface area (TPSA) is 80.3 Å². The highest BCUT2D eigenvalue weighted by molar-refractivity contribution is 6.06. The van der Waals surface area contributed by atoms with Gasteiger partial charge in [-0.1, -0.05) is 12.2 Å². The van der Waals surface area contributed by atoms with Crippen LogP contribution < -0.4 is 10.6 Å². The fourth-order valence-electron chi connectivity index (χ4n) is 5.78. The Bertz CT molecular complexity index is 708. The summed E-state index contributed by atoms with van der Waals surface area (Å²) in [5.74, 6) is 1.29. The smallest absolute Gasteiger partial charge is 0.233 e. The van der Waals surface area contributed by atoms with Gasteiger partial charge in [0.1, 0.15) is 0 Å². The molecule has 4 rings (SSSR count). The number of nitrogens with zero attached hydrogens (tertiary/aromatic N) is 4. The molecule has 4 aliphatic rings. The monoisotopic (exact) mass is 444 g/mol. The first kappa shape index (κ1) is 23.2. The molecule has 3 fully saturated rings. The van der Waals surface area contributed by atoms with Gasteiger partial charge in [0, 0.05) is 39.3 Å². The maximum atomic E-state index is 12.8. The van der Waals surface area contributed by atoms with E-state index in [0.29, 0.717) is 19.5 Å². The minimum absolute atomic E-state index is 0.0468. The third-order valence-electron chi connectivity index (χ3n) is 7.47. The second kappa shape index (κ2) is 10.8. The highest BCUT2D eigenvalue weighted by atomic mass is 16.2. The molecule has 8 nitrogen and oxygen atoms in total. The Balaban J connectivity index is 1.16. The van der Waals surface area contributed by atoms with Gasteiger partial charge in [0.05, 0.1) is 11.8 Å². The van der Waals surface area contributed by atoms with Crippen molar-refractivity contribution in [3.05, 3.63) is 12.2 Å². The summed E-state index contributed by atoms with van der Waals surface area (Å²) in [6.45, 7) is 10.6. The summed E-state index contributed by atoms with van der Waals surface area (Å²) in [4.78, 5) is 36.7. The van der Waals surface area contributed by atoms with E-state index >= 15 is 0 Å². The standard InChI is InChI=1S/C24H40N6O2/c1-3-25-24(26-9-4-12-29-13-6-11-28(2)15-16-29)27-10-5-14-30-22(31)20-18-7-8-19(17-18)21(20)23(30)32/h7-8,18-21H,3-6,9-17H2,1-2H3,(H2,25,26,27). The zero-order valence-corrected chi connectivity index (χ0v) is 19.8. The van der Waals surface area contributed by atoms with Gasteiger partial charge in [0.2, 0.25) is 11.8 Å². The molecular formula is C24H40N6O2. The van der Waals surface area contributed by atoms with Crippen LogP contribution in [0.25, 0.3) is 0 Å². The number of likely N-dealkylation sites (tertiary alicyclic amines) is 1. The van der Waals surface area contributed by atoms with Gasteiger partial charge in [-0.05, 0) is 71.1 Å². The van der Waals surface area contributed by atoms with Crippen LogP contribution in [0.5, 0.6) is 0 Å². The Morgan fingerprint density at radius 3 is 2.47 bits per heavy atom. The van der Waals surface area contributed by atoms with E-state index in [0.717, 1.165) is 51.5 Å². The second-order valence-corrected chi connectivity index (χ2v) is 9.72. The minimum Gasteiger partial charge on any atom is -0.357 e. The van der Waals surface area contributed by atoms with Crippen LogP contribution in [0, 0.1) is 23.7 Å². The summed E-state index contributed by atoms with van der Waals surface area (Å²) in [5.41, 5.74) is 0. The first-order chi connectivity index (χ1) is 15.6. The largest absolute Gasteiger partial charge is 0.357 e. The second-order valence-electron chi connectivity index (χ2n) is 9.72. The Kier molecular flexibility index (Phi) is 7.84. The van der Waals surface area contributed by atoms with Crippen LogP contribution in [0.2, 0.25) is 0 Å². The lowest BCUT2D eigenvalue weighted by Crippen LogP contribution is -2.39. The number of guanidine groups is 1. The van der Waals surface area contributed by atoms with E-state index in [1.165, 1.54) is 24.4 Å². The molecule has 32 heavy (non-hydrogen) atoms. The van der Waals surface area contributed by atoms with Crippen LogP contribution in [0.15, 0.2) is 17.1 Å². The van der Waals surface area contributed by atoms with Crippen LogP contribution >= 0.6 is 0 Å². The van der Waals surface area contributed by atoms with Gasteiger partial charge in [0.15, 0.2) is 5.96 Å². The Morgan fingerprint density at radius 2 is 1.75 bits per heavy atom. The molecule has 2 aliphatic heterocycles. The lowest BCUT2D eigenvalue weighted by molar-refractivity contribution is -0.140. The summed E-state index contributed by atoms with van der Waals surface area (Å²) in [5, 5.41) is 6.73. The third kappa shape index (κ3) is 5.17. The van der Waals surface area contributed by atoms with E-state index in [4.69, 9.17) is 0 Å². The van der Waals surface area contributed by atoms with Crippen molar-refractivity contribution in [2.75, 3.05) is 66.0 Å². The molecule has 0 aromatic carbocycles. The maximum Gasteiger partial charge on any atom is 0.233 e. The van der Waals surface area contributed by atoms with E-state index in [1.807, 2.05) is 0 Å². The van der Waals surface area contributed by atoms with Crippen LogP contribution in [-0.4, -0.2) is 98.4 Å². The summed E-state index contributed by atoms with van der Waals surface area (Å²) in [6, 6.07) is 0. The number of nitrogens with one attached hydrogen (secondary N) is 2. The van der Waals surface area contributed by atoms with Crippen LogP contribution in [0.1, 0.15) is 32.6 Å². The van der Waals surface area contributed by atoms with E-state index in [-0.39, 0.29) is 35.5 Å². The molecule has 4 unspecified atom stereocenters. The van der Waals surface area contributed by atoms with Crippen molar-refractivity contribution in [1.29, 1.82) is 0 Å². The molecule has 2 aliphatic carbocycles. The number of imide groups is 1. The van der Waals surface area contributed by atoms with Crippen molar-refractivity contribution in [2.45, 2.75) is 32.6 Å². The van der Waals surface area contributed by atoms with Gasteiger partial charge in [-0.25, -0.2) is 0 Å². The molecule has 1 saturated carbocycles. The van der Waals surface area contributed by atoms with Crippen LogP contribution in [0.3, 0.4) is 0 Å². The first-order valence-corrected chi connectivity index (χ1v) is 12.5. The van der Waals surface area contributed by atoms with Gasteiger partial charge in [-0.15, -0.1) is 0 Å². The van der Waals surface area contributed by atoms with E-state index in [1.54, 1.807) is 0 Å². The number of rotatable bonds is 9. The SMILES string of the molecule is CCNC(=NCCCN1C(=O)C2C3C=CC(C3)C2C1=O)NCCCN1CCCN(C)CC1. The summed E-state index contributed by atoms with van der Waals surface area (Å²) < 4.78 is 0. The number of carbonyl (C=O) groups is 2. The van der Waals surface area contributed by atoms with Gasteiger partial charge < -0.3 is 20.4 Å². The fraction of sp³-hybridized carbons (Fsp3) is 0.792. The molecule has 0 radical (unpaired) electrons. The Hall–Kier alpha value is -1.93. The minimum atomic E-state index is -0.0930. The van der Waals surface area contributed by atoms with Crippen LogP contribution in [-0.2, 0) is 9.59 Å². The van der Waals surface area contributed by atoms with Crippen molar-refractivity contribution >= 4 is 17.8 Å².